The number of nitrogens with zero attached hydrogens (tertiary/aromatic N) is 1. The van der Waals surface area contributed by atoms with Crippen LogP contribution in [-0.4, -0.2) is 47.7 Å². The summed E-state index contributed by atoms with van der Waals surface area (Å²) in [4.78, 5) is 13.8. The van der Waals surface area contributed by atoms with E-state index in [1.807, 2.05) is 48.5 Å². The topological polar surface area (TPSA) is 52.6 Å². The molecule has 2 aromatic carbocycles. The van der Waals surface area contributed by atoms with Crippen LogP contribution in [0.4, 0.5) is 0 Å². The molecule has 0 spiro atoms. The molecule has 2 N–H and O–H groups in total. The summed E-state index contributed by atoms with van der Waals surface area (Å²) in [6, 6.07) is 20.8. The normalized spacial score (nSPS) is 18.5. The number of carbonyl (C=O) groups is 1. The number of aromatic carboxylic acids is 1. The number of hydrogen-bond acceptors (Lipinski definition) is 3. The SMILES string of the molecule is CC(C)N1CCC(CNC2CC2)(Cc2cccc(C(=O)O)c2)CC1.c1ccccc1. The Labute approximate surface area is 181 Å². The van der Waals surface area contributed by atoms with Crippen molar-refractivity contribution >= 4 is 5.97 Å². The molecule has 4 rings (SSSR count). The van der Waals surface area contributed by atoms with Crippen molar-refractivity contribution in [1.82, 2.24) is 10.2 Å². The maximum absolute atomic E-state index is 11.2. The zero-order chi connectivity index (χ0) is 21.4. The van der Waals surface area contributed by atoms with Crippen molar-refractivity contribution in [1.29, 1.82) is 0 Å². The molecule has 0 aromatic heterocycles. The van der Waals surface area contributed by atoms with E-state index in [1.165, 1.54) is 25.7 Å². The van der Waals surface area contributed by atoms with Crippen LogP contribution in [-0.2, 0) is 6.42 Å². The minimum Gasteiger partial charge on any atom is -0.478 e. The first-order valence-corrected chi connectivity index (χ1v) is 11.3. The molecule has 1 heterocycles. The van der Waals surface area contributed by atoms with Gasteiger partial charge in [-0.15, -0.1) is 0 Å². The molecule has 2 aromatic rings. The fourth-order valence-corrected chi connectivity index (χ4v) is 4.21. The molecule has 0 amide bonds. The molecule has 0 atom stereocenters. The average Bonchev–Trinajstić information content (AvgIpc) is 3.59. The van der Waals surface area contributed by atoms with Crippen LogP contribution < -0.4 is 5.32 Å². The molecule has 30 heavy (non-hydrogen) atoms. The quantitative estimate of drug-likeness (QED) is 0.687. The molecule has 1 saturated heterocycles. The van der Waals surface area contributed by atoms with Crippen LogP contribution in [0.1, 0.15) is 55.5 Å². The third-order valence-corrected chi connectivity index (χ3v) is 6.35. The Kier molecular flexibility index (Phi) is 8.06. The lowest BCUT2D eigenvalue weighted by atomic mass is 9.73. The van der Waals surface area contributed by atoms with E-state index in [-0.39, 0.29) is 5.41 Å². The van der Waals surface area contributed by atoms with Crippen molar-refractivity contribution in [3.8, 4) is 0 Å². The average molecular weight is 409 g/mol. The summed E-state index contributed by atoms with van der Waals surface area (Å²) in [5, 5.41) is 13.0. The number of rotatable bonds is 7. The number of nitrogens with one attached hydrogen (secondary N) is 1. The highest BCUT2D eigenvalue weighted by Gasteiger charge is 2.36. The van der Waals surface area contributed by atoms with Gasteiger partial charge in [-0.25, -0.2) is 4.79 Å². The maximum atomic E-state index is 11.2. The van der Waals surface area contributed by atoms with Gasteiger partial charge < -0.3 is 15.3 Å². The summed E-state index contributed by atoms with van der Waals surface area (Å²) in [6.45, 7) is 7.88. The number of carboxylic acid groups (broad SMARTS) is 1. The van der Waals surface area contributed by atoms with Crippen LogP contribution in [0.15, 0.2) is 60.7 Å². The van der Waals surface area contributed by atoms with Gasteiger partial charge in [-0.1, -0.05) is 48.5 Å². The number of piperidine rings is 1. The van der Waals surface area contributed by atoms with Crippen molar-refractivity contribution in [2.24, 2.45) is 5.41 Å². The van der Waals surface area contributed by atoms with Gasteiger partial charge in [0.2, 0.25) is 0 Å². The highest BCUT2D eigenvalue weighted by atomic mass is 16.4. The predicted octanol–water partition coefficient (Wildman–Crippen LogP) is 4.86. The monoisotopic (exact) mass is 408 g/mol. The molecule has 2 aliphatic rings. The molecule has 0 bridgehead atoms. The Balaban J connectivity index is 0.000000367. The molecule has 0 unspecified atom stereocenters. The van der Waals surface area contributed by atoms with Gasteiger partial charge in [-0.2, -0.15) is 0 Å². The highest BCUT2D eigenvalue weighted by molar-refractivity contribution is 5.87. The second-order valence-corrected chi connectivity index (χ2v) is 9.12. The molecule has 162 valence electrons. The van der Waals surface area contributed by atoms with E-state index in [9.17, 15) is 9.90 Å². The van der Waals surface area contributed by atoms with Gasteiger partial charge in [0.15, 0.2) is 0 Å². The Bertz CT molecular complexity index is 752. The minimum absolute atomic E-state index is 0.255. The maximum Gasteiger partial charge on any atom is 0.335 e. The van der Waals surface area contributed by atoms with Crippen molar-refractivity contribution in [2.75, 3.05) is 19.6 Å². The molecule has 1 aliphatic heterocycles. The summed E-state index contributed by atoms with van der Waals surface area (Å²) in [5.74, 6) is -0.836. The van der Waals surface area contributed by atoms with Crippen molar-refractivity contribution in [3.63, 3.8) is 0 Å². The van der Waals surface area contributed by atoms with E-state index in [4.69, 9.17) is 0 Å². The first-order valence-electron chi connectivity index (χ1n) is 11.3. The minimum atomic E-state index is -0.836. The summed E-state index contributed by atoms with van der Waals surface area (Å²) >= 11 is 0. The van der Waals surface area contributed by atoms with Crippen molar-refractivity contribution in [3.05, 3.63) is 71.8 Å². The molecular weight excluding hydrogens is 372 g/mol. The number of likely N-dealkylation sites (tertiary alicyclic amines) is 1. The first kappa shape index (κ1) is 22.5. The second-order valence-electron chi connectivity index (χ2n) is 9.12. The largest absolute Gasteiger partial charge is 0.478 e. The number of benzene rings is 2. The molecule has 1 saturated carbocycles. The highest BCUT2D eigenvalue weighted by Crippen LogP contribution is 2.36. The van der Waals surface area contributed by atoms with Crippen LogP contribution >= 0.6 is 0 Å². The third-order valence-electron chi connectivity index (χ3n) is 6.35. The Morgan fingerprint density at radius 2 is 1.67 bits per heavy atom. The summed E-state index contributed by atoms with van der Waals surface area (Å²) < 4.78 is 0. The Morgan fingerprint density at radius 1 is 1.07 bits per heavy atom. The van der Waals surface area contributed by atoms with Crippen LogP contribution in [0.25, 0.3) is 0 Å². The lowest BCUT2D eigenvalue weighted by molar-refractivity contribution is 0.0695. The fraction of sp³-hybridized carbons (Fsp3) is 0.500. The summed E-state index contributed by atoms with van der Waals surface area (Å²) in [5.41, 5.74) is 1.81. The van der Waals surface area contributed by atoms with E-state index in [0.717, 1.165) is 37.7 Å². The molecule has 2 fully saturated rings. The van der Waals surface area contributed by atoms with Gasteiger partial charge >= 0.3 is 5.97 Å². The molecule has 4 nitrogen and oxygen atoms in total. The van der Waals surface area contributed by atoms with Gasteiger partial charge in [0, 0.05) is 18.6 Å². The lowest BCUT2D eigenvalue weighted by Gasteiger charge is -2.44. The van der Waals surface area contributed by atoms with Gasteiger partial charge in [0.05, 0.1) is 5.56 Å². The predicted molar refractivity (Wildman–Crippen MR) is 123 cm³/mol. The molecule has 0 radical (unpaired) electrons. The van der Waals surface area contributed by atoms with E-state index < -0.39 is 5.97 Å². The second kappa shape index (κ2) is 10.7. The van der Waals surface area contributed by atoms with E-state index in [1.54, 1.807) is 6.07 Å². The standard InChI is InChI=1S/C20H30N2O2.C6H6/c1-15(2)22-10-8-20(9-11-22,14-21-18-6-7-18)13-16-4-3-5-17(12-16)19(23)24;1-2-4-6-5-3-1/h3-5,12,15,18,21H,6-11,13-14H2,1-2H3,(H,23,24);1-6H. The van der Waals surface area contributed by atoms with Gasteiger partial charge in [0.25, 0.3) is 0 Å². The fourth-order valence-electron chi connectivity index (χ4n) is 4.21. The van der Waals surface area contributed by atoms with E-state index >= 15 is 0 Å². The van der Waals surface area contributed by atoms with Gasteiger partial charge in [-0.3, -0.25) is 0 Å². The molecule has 4 heteroatoms. The summed E-state index contributed by atoms with van der Waals surface area (Å²) in [7, 11) is 0. The Hall–Kier alpha value is -2.17. The third kappa shape index (κ3) is 6.96. The van der Waals surface area contributed by atoms with Gasteiger partial charge in [0.1, 0.15) is 0 Å². The van der Waals surface area contributed by atoms with Gasteiger partial charge in [-0.05, 0) is 82.2 Å². The molecular formula is C26H36N2O2. The van der Waals surface area contributed by atoms with E-state index in [0.29, 0.717) is 11.6 Å². The van der Waals surface area contributed by atoms with Crippen molar-refractivity contribution < 1.29 is 9.90 Å². The molecule has 1 aliphatic carbocycles. The first-order chi connectivity index (χ1) is 14.5. The lowest BCUT2D eigenvalue weighted by Crippen LogP contribution is -2.48. The smallest absolute Gasteiger partial charge is 0.335 e. The number of carboxylic acids is 1. The zero-order valence-electron chi connectivity index (χ0n) is 18.4. The summed E-state index contributed by atoms with van der Waals surface area (Å²) in [6.07, 6.45) is 5.95. The number of hydrogen-bond donors (Lipinski definition) is 2. The zero-order valence-corrected chi connectivity index (χ0v) is 18.4. The Morgan fingerprint density at radius 3 is 2.17 bits per heavy atom. The van der Waals surface area contributed by atoms with Crippen LogP contribution in [0.3, 0.4) is 0 Å². The van der Waals surface area contributed by atoms with Crippen LogP contribution in [0, 0.1) is 5.41 Å². The van der Waals surface area contributed by atoms with Crippen LogP contribution in [0.2, 0.25) is 0 Å². The van der Waals surface area contributed by atoms with Crippen molar-refractivity contribution in [2.45, 2.75) is 58.0 Å². The van der Waals surface area contributed by atoms with E-state index in [2.05, 4.69) is 30.1 Å². The van der Waals surface area contributed by atoms with Crippen LogP contribution in [0.5, 0.6) is 0 Å².